The van der Waals surface area contributed by atoms with Crippen LogP contribution >= 0.6 is 11.3 Å². The Morgan fingerprint density at radius 3 is 2.60 bits per heavy atom. The molecule has 6 nitrogen and oxygen atoms in total. The summed E-state index contributed by atoms with van der Waals surface area (Å²) >= 11 is 1.81. The first-order valence-corrected chi connectivity index (χ1v) is 11.8. The minimum atomic E-state index is -0.103. The molecule has 3 heterocycles. The molecule has 1 aliphatic heterocycles. The molecule has 0 bridgehead atoms. The molecule has 0 amide bonds. The molecule has 1 fully saturated rings. The van der Waals surface area contributed by atoms with E-state index in [1.807, 2.05) is 11.3 Å². The second-order valence-corrected chi connectivity index (χ2v) is 9.98. The number of nitrogens with one attached hydrogen (secondary N) is 1. The Kier molecular flexibility index (Phi) is 5.93. The largest absolute Gasteiger partial charge is 0.360 e. The molecule has 0 radical (unpaired) electrons. The van der Waals surface area contributed by atoms with E-state index in [0.717, 1.165) is 38.4 Å². The number of thiophene rings is 1. The number of quaternary nitrogens is 1. The predicted octanol–water partition coefficient (Wildman–Crippen LogP) is 2.99. The molecule has 0 unspecified atom stereocenters. The fourth-order valence-corrected chi connectivity index (χ4v) is 5.18. The lowest BCUT2D eigenvalue weighted by atomic mass is 10.0. The van der Waals surface area contributed by atoms with Crippen LogP contribution in [0.3, 0.4) is 0 Å². The highest BCUT2D eigenvalue weighted by Crippen LogP contribution is 2.28. The molecular formula is C23H33N6S+. The van der Waals surface area contributed by atoms with Crippen LogP contribution in [-0.2, 0) is 5.54 Å². The van der Waals surface area contributed by atoms with Gasteiger partial charge in [-0.2, -0.15) is 0 Å². The summed E-state index contributed by atoms with van der Waals surface area (Å²) in [7, 11) is 0. The van der Waals surface area contributed by atoms with Crippen LogP contribution in [0.1, 0.15) is 55.1 Å². The lowest BCUT2D eigenvalue weighted by Gasteiger charge is -2.38. The highest BCUT2D eigenvalue weighted by Gasteiger charge is 2.37. The van der Waals surface area contributed by atoms with Crippen molar-refractivity contribution in [2.24, 2.45) is 0 Å². The lowest BCUT2D eigenvalue weighted by molar-refractivity contribution is -0.926. The van der Waals surface area contributed by atoms with Gasteiger partial charge in [0.25, 0.3) is 0 Å². The Bertz CT molecular complexity index is 970. The molecule has 1 aliphatic rings. The van der Waals surface area contributed by atoms with E-state index in [1.54, 1.807) is 4.90 Å². The number of hydrogen-bond donors (Lipinski definition) is 1. The summed E-state index contributed by atoms with van der Waals surface area (Å²) in [4.78, 5) is 5.42. The number of piperazine rings is 1. The maximum atomic E-state index is 4.54. The number of aryl methyl sites for hydroxylation is 2. The summed E-state index contributed by atoms with van der Waals surface area (Å²) < 4.78 is 2.06. The van der Waals surface area contributed by atoms with E-state index in [2.05, 4.69) is 95.4 Å². The Morgan fingerprint density at radius 2 is 1.93 bits per heavy atom. The molecule has 3 aromatic rings. The van der Waals surface area contributed by atoms with E-state index in [-0.39, 0.29) is 11.6 Å². The van der Waals surface area contributed by atoms with Crippen LogP contribution < -0.4 is 9.80 Å². The van der Waals surface area contributed by atoms with Gasteiger partial charge in [-0.25, -0.2) is 4.68 Å². The molecule has 1 aromatic carbocycles. The third kappa shape index (κ3) is 4.01. The predicted molar refractivity (Wildman–Crippen MR) is 122 cm³/mol. The Hall–Kier alpha value is -2.25. The van der Waals surface area contributed by atoms with Crippen LogP contribution in [0.2, 0.25) is 0 Å². The topological polar surface area (TPSA) is 51.3 Å². The van der Waals surface area contributed by atoms with Gasteiger partial charge in [0.2, 0.25) is 5.82 Å². The standard InChI is InChI=1S/C23H32N6S/c1-6-23(4,5)29-22(24-25-26-29)21(20-8-7-15-30-20)28-13-11-27(12-14-28)19-16-17(2)9-10-18(19)3/h7-10,15-16,21H,6,11-14H2,1-5H3/p+1/t21-/m1/s1. The highest BCUT2D eigenvalue weighted by atomic mass is 32.1. The van der Waals surface area contributed by atoms with Gasteiger partial charge < -0.3 is 9.80 Å². The van der Waals surface area contributed by atoms with Gasteiger partial charge in [-0.1, -0.05) is 25.1 Å². The summed E-state index contributed by atoms with van der Waals surface area (Å²) in [5.41, 5.74) is 3.95. The van der Waals surface area contributed by atoms with Crippen molar-refractivity contribution < 1.29 is 4.90 Å². The second-order valence-electron chi connectivity index (χ2n) is 9.00. The van der Waals surface area contributed by atoms with Crippen molar-refractivity contribution >= 4 is 17.0 Å². The molecule has 30 heavy (non-hydrogen) atoms. The van der Waals surface area contributed by atoms with Crippen molar-refractivity contribution in [1.82, 2.24) is 20.2 Å². The molecule has 4 rings (SSSR count). The zero-order chi connectivity index (χ0) is 21.3. The minimum Gasteiger partial charge on any atom is -0.360 e. The summed E-state index contributed by atoms with van der Waals surface area (Å²) in [6.45, 7) is 15.2. The highest BCUT2D eigenvalue weighted by molar-refractivity contribution is 7.10. The van der Waals surface area contributed by atoms with Gasteiger partial charge in [-0.15, -0.1) is 16.4 Å². The Morgan fingerprint density at radius 1 is 1.17 bits per heavy atom. The van der Waals surface area contributed by atoms with Gasteiger partial charge in [0, 0.05) is 5.69 Å². The molecule has 2 aromatic heterocycles. The third-order valence-electron chi connectivity index (χ3n) is 6.54. The average molecular weight is 426 g/mol. The zero-order valence-electron chi connectivity index (χ0n) is 18.7. The SMILES string of the molecule is CCC(C)(C)n1nnnc1[C@@H](c1cccs1)[NH+]1CCN(c2cc(C)ccc2C)CC1. The summed E-state index contributed by atoms with van der Waals surface area (Å²) in [6, 6.07) is 11.3. The van der Waals surface area contributed by atoms with Gasteiger partial charge in [0.15, 0.2) is 6.04 Å². The fraction of sp³-hybridized carbons (Fsp3) is 0.522. The van der Waals surface area contributed by atoms with Crippen LogP contribution in [0.25, 0.3) is 0 Å². The Labute approximate surface area is 183 Å². The number of tetrazole rings is 1. The van der Waals surface area contributed by atoms with Crippen molar-refractivity contribution in [3.8, 4) is 0 Å². The molecule has 1 N–H and O–H groups in total. The van der Waals surface area contributed by atoms with Gasteiger partial charge in [0.1, 0.15) is 0 Å². The molecule has 0 aliphatic carbocycles. The van der Waals surface area contributed by atoms with Crippen molar-refractivity contribution in [1.29, 1.82) is 0 Å². The van der Waals surface area contributed by atoms with Crippen LogP contribution in [0.15, 0.2) is 35.7 Å². The average Bonchev–Trinajstić information content (AvgIpc) is 3.44. The maximum absolute atomic E-state index is 4.54. The van der Waals surface area contributed by atoms with E-state index in [1.165, 1.54) is 21.7 Å². The van der Waals surface area contributed by atoms with Crippen molar-refractivity contribution in [3.63, 3.8) is 0 Å². The van der Waals surface area contributed by atoms with Crippen molar-refractivity contribution in [3.05, 3.63) is 57.5 Å². The minimum absolute atomic E-state index is 0.103. The quantitative estimate of drug-likeness (QED) is 0.660. The second kappa shape index (κ2) is 8.47. The molecule has 1 atom stereocenters. The molecule has 7 heteroatoms. The third-order valence-corrected chi connectivity index (χ3v) is 7.47. The summed E-state index contributed by atoms with van der Waals surface area (Å²) in [5, 5.41) is 15.2. The normalized spacial score (nSPS) is 16.8. The molecule has 1 saturated heterocycles. The number of hydrogen-bond acceptors (Lipinski definition) is 5. The first-order valence-electron chi connectivity index (χ1n) is 10.9. The van der Waals surface area contributed by atoms with E-state index in [9.17, 15) is 0 Å². The number of benzene rings is 1. The lowest BCUT2D eigenvalue weighted by Crippen LogP contribution is -3.15. The van der Waals surface area contributed by atoms with E-state index < -0.39 is 0 Å². The monoisotopic (exact) mass is 425 g/mol. The van der Waals surface area contributed by atoms with Crippen LogP contribution in [0.4, 0.5) is 5.69 Å². The van der Waals surface area contributed by atoms with Gasteiger partial charge >= 0.3 is 0 Å². The van der Waals surface area contributed by atoms with Gasteiger partial charge in [-0.05, 0) is 73.2 Å². The maximum Gasteiger partial charge on any atom is 0.215 e. The van der Waals surface area contributed by atoms with E-state index in [4.69, 9.17) is 0 Å². The fourth-order valence-electron chi connectivity index (χ4n) is 4.31. The van der Waals surface area contributed by atoms with Crippen molar-refractivity contribution in [2.75, 3.05) is 31.1 Å². The first-order chi connectivity index (χ1) is 14.4. The van der Waals surface area contributed by atoms with E-state index in [0.29, 0.717) is 0 Å². The number of aromatic nitrogens is 4. The molecular weight excluding hydrogens is 392 g/mol. The Balaban J connectivity index is 1.61. The zero-order valence-corrected chi connectivity index (χ0v) is 19.5. The van der Waals surface area contributed by atoms with Crippen LogP contribution in [0.5, 0.6) is 0 Å². The molecule has 160 valence electrons. The van der Waals surface area contributed by atoms with Gasteiger partial charge in [-0.3, -0.25) is 0 Å². The van der Waals surface area contributed by atoms with Crippen molar-refractivity contribution in [2.45, 2.75) is 52.6 Å². The molecule has 0 saturated carbocycles. The number of rotatable bonds is 6. The number of nitrogens with zero attached hydrogens (tertiary/aromatic N) is 5. The number of anilines is 1. The first kappa shape index (κ1) is 21.0. The molecule has 0 spiro atoms. The summed E-state index contributed by atoms with van der Waals surface area (Å²) in [6.07, 6.45) is 0.984. The van der Waals surface area contributed by atoms with Gasteiger partial charge in [0.05, 0.1) is 36.6 Å². The summed E-state index contributed by atoms with van der Waals surface area (Å²) in [5.74, 6) is 0.986. The van der Waals surface area contributed by atoms with E-state index >= 15 is 0 Å². The van der Waals surface area contributed by atoms with Crippen LogP contribution in [0, 0.1) is 13.8 Å². The smallest absolute Gasteiger partial charge is 0.215 e. The van der Waals surface area contributed by atoms with Crippen LogP contribution in [-0.4, -0.2) is 46.4 Å².